The molecule has 0 unspecified atom stereocenters. The zero-order valence-corrected chi connectivity index (χ0v) is 12.8. The summed E-state index contributed by atoms with van der Waals surface area (Å²) in [6.07, 6.45) is 1.15. The van der Waals surface area contributed by atoms with E-state index in [1.54, 1.807) is 0 Å². The molecular formula is C17H18BrN. The molecule has 1 aliphatic rings. The van der Waals surface area contributed by atoms with Gasteiger partial charge in [0.1, 0.15) is 0 Å². The minimum atomic E-state index is 0.932. The van der Waals surface area contributed by atoms with Gasteiger partial charge in [-0.3, -0.25) is 0 Å². The van der Waals surface area contributed by atoms with Crippen molar-refractivity contribution >= 4 is 21.6 Å². The van der Waals surface area contributed by atoms with Crippen LogP contribution in [0.4, 0.5) is 5.69 Å². The summed E-state index contributed by atoms with van der Waals surface area (Å²) in [7, 11) is 0. The molecule has 98 valence electrons. The van der Waals surface area contributed by atoms with Gasteiger partial charge in [-0.25, -0.2) is 0 Å². The number of aryl methyl sites for hydroxylation is 1. The minimum absolute atomic E-state index is 0.932. The third-order valence-electron chi connectivity index (χ3n) is 3.97. The Hall–Kier alpha value is -1.28. The van der Waals surface area contributed by atoms with Crippen molar-refractivity contribution in [1.29, 1.82) is 0 Å². The van der Waals surface area contributed by atoms with Crippen molar-refractivity contribution in [2.75, 3.05) is 11.4 Å². The third-order valence-corrected chi connectivity index (χ3v) is 4.57. The van der Waals surface area contributed by atoms with Gasteiger partial charge in [0.15, 0.2) is 0 Å². The normalized spacial score (nSPS) is 14.3. The van der Waals surface area contributed by atoms with Crippen LogP contribution in [0.3, 0.4) is 0 Å². The number of nitrogens with zero attached hydrogens (tertiary/aromatic N) is 1. The highest BCUT2D eigenvalue weighted by Gasteiger charge is 2.16. The van der Waals surface area contributed by atoms with Gasteiger partial charge in [0, 0.05) is 24.1 Å². The first-order chi connectivity index (χ1) is 9.28. The summed E-state index contributed by atoms with van der Waals surface area (Å²) in [5.41, 5.74) is 7.06. The van der Waals surface area contributed by atoms with E-state index >= 15 is 0 Å². The molecule has 1 aliphatic heterocycles. The van der Waals surface area contributed by atoms with E-state index in [1.807, 2.05) is 0 Å². The minimum Gasteiger partial charge on any atom is -0.367 e. The standard InChI is InChI=1S/C17H18BrN/c1-13-10-17(7-6-15(13)11-18)19-9-8-14-4-2-3-5-16(14)12-19/h2-7,10H,8-9,11-12H2,1H3. The van der Waals surface area contributed by atoms with Crippen LogP contribution in [0.1, 0.15) is 22.3 Å². The molecule has 0 saturated heterocycles. The van der Waals surface area contributed by atoms with E-state index in [0.29, 0.717) is 0 Å². The van der Waals surface area contributed by atoms with Crippen LogP contribution in [0.2, 0.25) is 0 Å². The van der Waals surface area contributed by atoms with Crippen LogP contribution in [0.5, 0.6) is 0 Å². The van der Waals surface area contributed by atoms with E-state index in [9.17, 15) is 0 Å². The van der Waals surface area contributed by atoms with Crippen LogP contribution in [0.15, 0.2) is 42.5 Å². The highest BCUT2D eigenvalue weighted by molar-refractivity contribution is 9.08. The summed E-state index contributed by atoms with van der Waals surface area (Å²) < 4.78 is 0. The van der Waals surface area contributed by atoms with Crippen molar-refractivity contribution in [3.8, 4) is 0 Å². The Morgan fingerprint density at radius 1 is 1.11 bits per heavy atom. The van der Waals surface area contributed by atoms with Gasteiger partial charge in [-0.15, -0.1) is 0 Å². The monoisotopic (exact) mass is 315 g/mol. The van der Waals surface area contributed by atoms with Crippen LogP contribution in [-0.4, -0.2) is 6.54 Å². The molecule has 2 aromatic rings. The quantitative estimate of drug-likeness (QED) is 0.740. The molecule has 0 atom stereocenters. The molecule has 1 heterocycles. The van der Waals surface area contributed by atoms with E-state index in [1.165, 1.54) is 27.9 Å². The molecule has 3 rings (SSSR count). The Bertz CT molecular complexity index is 592. The molecule has 2 heteroatoms. The molecule has 0 aliphatic carbocycles. The number of benzene rings is 2. The lowest BCUT2D eigenvalue weighted by atomic mass is 9.99. The van der Waals surface area contributed by atoms with Gasteiger partial charge < -0.3 is 4.90 Å². The number of alkyl halides is 1. The molecule has 0 N–H and O–H groups in total. The second-order valence-electron chi connectivity index (χ2n) is 5.18. The number of halogens is 1. The molecule has 0 spiro atoms. The first kappa shape index (κ1) is 12.7. The van der Waals surface area contributed by atoms with Crippen LogP contribution >= 0.6 is 15.9 Å². The molecule has 0 bridgehead atoms. The molecule has 1 nitrogen and oxygen atoms in total. The summed E-state index contributed by atoms with van der Waals surface area (Å²) >= 11 is 3.54. The number of anilines is 1. The van der Waals surface area contributed by atoms with Gasteiger partial charge in [0.2, 0.25) is 0 Å². The first-order valence-electron chi connectivity index (χ1n) is 6.75. The van der Waals surface area contributed by atoms with E-state index in [4.69, 9.17) is 0 Å². The highest BCUT2D eigenvalue weighted by atomic mass is 79.9. The lowest BCUT2D eigenvalue weighted by molar-refractivity contribution is 0.731. The van der Waals surface area contributed by atoms with Gasteiger partial charge in [0.25, 0.3) is 0 Å². The Balaban J connectivity index is 1.87. The fourth-order valence-electron chi connectivity index (χ4n) is 2.74. The van der Waals surface area contributed by atoms with Crippen LogP contribution in [0, 0.1) is 6.92 Å². The van der Waals surface area contributed by atoms with Gasteiger partial charge >= 0.3 is 0 Å². The second kappa shape index (κ2) is 5.38. The zero-order chi connectivity index (χ0) is 13.2. The predicted molar refractivity (Wildman–Crippen MR) is 85.0 cm³/mol. The SMILES string of the molecule is Cc1cc(N2CCc3ccccc3C2)ccc1CBr. The van der Waals surface area contributed by atoms with Crippen molar-refractivity contribution in [3.05, 3.63) is 64.7 Å². The topological polar surface area (TPSA) is 3.24 Å². The second-order valence-corrected chi connectivity index (χ2v) is 5.75. The molecular weight excluding hydrogens is 298 g/mol. The molecule has 19 heavy (non-hydrogen) atoms. The summed E-state index contributed by atoms with van der Waals surface area (Å²) in [6.45, 7) is 4.34. The molecule has 2 aromatic carbocycles. The van der Waals surface area contributed by atoms with Gasteiger partial charge in [-0.2, -0.15) is 0 Å². The van der Waals surface area contributed by atoms with Crippen molar-refractivity contribution in [2.24, 2.45) is 0 Å². The smallest absolute Gasteiger partial charge is 0.0432 e. The molecule has 0 fully saturated rings. The molecule has 0 aromatic heterocycles. The van der Waals surface area contributed by atoms with Crippen LogP contribution in [-0.2, 0) is 18.3 Å². The Kier molecular flexibility index (Phi) is 3.61. The summed E-state index contributed by atoms with van der Waals surface area (Å²) in [6, 6.07) is 15.6. The first-order valence-corrected chi connectivity index (χ1v) is 7.87. The number of fused-ring (bicyclic) bond motifs is 1. The Morgan fingerprint density at radius 2 is 1.89 bits per heavy atom. The van der Waals surface area contributed by atoms with Crippen molar-refractivity contribution in [2.45, 2.75) is 25.2 Å². The van der Waals surface area contributed by atoms with Crippen molar-refractivity contribution in [1.82, 2.24) is 0 Å². The number of hydrogen-bond donors (Lipinski definition) is 0. The number of hydrogen-bond acceptors (Lipinski definition) is 1. The van der Waals surface area contributed by atoms with Gasteiger partial charge in [0.05, 0.1) is 0 Å². The summed E-state index contributed by atoms with van der Waals surface area (Å²) in [4.78, 5) is 2.48. The lowest BCUT2D eigenvalue weighted by Gasteiger charge is -2.31. The average Bonchev–Trinajstić information content (AvgIpc) is 2.46. The Morgan fingerprint density at radius 3 is 2.63 bits per heavy atom. The van der Waals surface area contributed by atoms with Crippen molar-refractivity contribution in [3.63, 3.8) is 0 Å². The fraction of sp³-hybridized carbons (Fsp3) is 0.294. The molecule has 0 radical (unpaired) electrons. The Labute approximate surface area is 123 Å². The van der Waals surface area contributed by atoms with E-state index in [-0.39, 0.29) is 0 Å². The lowest BCUT2D eigenvalue weighted by Crippen LogP contribution is -2.30. The maximum absolute atomic E-state index is 3.54. The zero-order valence-electron chi connectivity index (χ0n) is 11.2. The van der Waals surface area contributed by atoms with Crippen LogP contribution in [0.25, 0.3) is 0 Å². The molecule has 0 amide bonds. The van der Waals surface area contributed by atoms with E-state index in [0.717, 1.165) is 24.8 Å². The van der Waals surface area contributed by atoms with E-state index in [2.05, 4.69) is 70.2 Å². The van der Waals surface area contributed by atoms with Gasteiger partial charge in [-0.1, -0.05) is 46.3 Å². The van der Waals surface area contributed by atoms with Gasteiger partial charge in [-0.05, 0) is 47.7 Å². The highest BCUT2D eigenvalue weighted by Crippen LogP contribution is 2.26. The summed E-state index contributed by atoms with van der Waals surface area (Å²) in [5.74, 6) is 0. The molecule has 0 saturated carbocycles. The fourth-order valence-corrected chi connectivity index (χ4v) is 3.37. The maximum atomic E-state index is 3.54. The summed E-state index contributed by atoms with van der Waals surface area (Å²) in [5, 5.41) is 0.932. The largest absolute Gasteiger partial charge is 0.367 e. The average molecular weight is 316 g/mol. The predicted octanol–water partition coefficient (Wildman–Crippen LogP) is 4.45. The maximum Gasteiger partial charge on any atom is 0.0432 e. The number of rotatable bonds is 2. The van der Waals surface area contributed by atoms with Crippen LogP contribution < -0.4 is 4.90 Å². The van der Waals surface area contributed by atoms with E-state index < -0.39 is 0 Å². The third kappa shape index (κ3) is 2.55. The van der Waals surface area contributed by atoms with Crippen molar-refractivity contribution < 1.29 is 0 Å².